The first-order chi connectivity index (χ1) is 8.32. The lowest BCUT2D eigenvalue weighted by atomic mass is 10.1. The van der Waals surface area contributed by atoms with Gasteiger partial charge < -0.3 is 15.6 Å². The maximum atomic E-state index is 11.0. The Labute approximate surface area is 103 Å². The van der Waals surface area contributed by atoms with E-state index in [4.69, 9.17) is 10.8 Å². The third-order valence-electron chi connectivity index (χ3n) is 1.89. The van der Waals surface area contributed by atoms with Gasteiger partial charge in [-0.15, -0.1) is 0 Å². The van der Waals surface area contributed by atoms with Gasteiger partial charge in [-0.1, -0.05) is 13.8 Å². The molecule has 1 aliphatic heterocycles. The van der Waals surface area contributed by atoms with Crippen molar-refractivity contribution in [2.24, 2.45) is 5.73 Å². The van der Waals surface area contributed by atoms with E-state index in [1.165, 1.54) is 12.1 Å². The number of carbonyl (C=O) groups excluding carboxylic acids is 2. The van der Waals surface area contributed by atoms with Gasteiger partial charge in [-0.2, -0.15) is 0 Å². The summed E-state index contributed by atoms with van der Waals surface area (Å²) in [5.41, 5.74) is 5.19. The van der Waals surface area contributed by atoms with Gasteiger partial charge in [-0.25, -0.2) is 14.4 Å². The standard InChI is InChI=1S/C9H4O5.C3H9N/c10-7(11)4-1-2-5-6(3-4)9(13)14-8(5)12;1-3(2)4/h1-3H,(H,10,11);3H,4H2,1-2H3. The molecule has 0 atom stereocenters. The van der Waals surface area contributed by atoms with Gasteiger partial charge in [0.2, 0.25) is 0 Å². The third kappa shape index (κ3) is 3.14. The van der Waals surface area contributed by atoms with Gasteiger partial charge in [0.05, 0.1) is 16.7 Å². The summed E-state index contributed by atoms with van der Waals surface area (Å²) in [5.74, 6) is -2.69. The Morgan fingerprint density at radius 2 is 1.72 bits per heavy atom. The van der Waals surface area contributed by atoms with E-state index >= 15 is 0 Å². The molecule has 0 saturated heterocycles. The average molecular weight is 251 g/mol. The molecule has 0 amide bonds. The number of benzene rings is 1. The second-order valence-corrected chi connectivity index (χ2v) is 3.99. The van der Waals surface area contributed by atoms with E-state index in [1.54, 1.807) is 0 Å². The third-order valence-corrected chi connectivity index (χ3v) is 1.89. The smallest absolute Gasteiger partial charge is 0.346 e. The highest BCUT2D eigenvalue weighted by atomic mass is 16.6. The van der Waals surface area contributed by atoms with Gasteiger partial charge in [0, 0.05) is 0 Å². The Balaban J connectivity index is 0.000000357. The Kier molecular flexibility index (Phi) is 4.17. The van der Waals surface area contributed by atoms with Crippen molar-refractivity contribution in [1.29, 1.82) is 0 Å². The number of hydrogen-bond acceptors (Lipinski definition) is 5. The molecule has 96 valence electrons. The number of carboxylic acids is 1. The molecule has 0 aromatic heterocycles. The topological polar surface area (TPSA) is 107 Å². The molecule has 0 spiro atoms. The summed E-state index contributed by atoms with van der Waals surface area (Å²) in [6, 6.07) is 3.98. The quantitative estimate of drug-likeness (QED) is 0.570. The Morgan fingerprint density at radius 1 is 1.22 bits per heavy atom. The highest BCUT2D eigenvalue weighted by molar-refractivity contribution is 6.15. The number of fused-ring (bicyclic) bond motifs is 1. The van der Waals surface area contributed by atoms with Crippen LogP contribution in [0.4, 0.5) is 0 Å². The summed E-state index contributed by atoms with van der Waals surface area (Å²) >= 11 is 0. The number of cyclic esters (lactones) is 2. The fraction of sp³-hybridized carbons (Fsp3) is 0.250. The van der Waals surface area contributed by atoms with E-state index in [1.807, 2.05) is 13.8 Å². The van der Waals surface area contributed by atoms with Crippen LogP contribution in [0.2, 0.25) is 0 Å². The largest absolute Gasteiger partial charge is 0.478 e. The molecule has 0 bridgehead atoms. The van der Waals surface area contributed by atoms with Gasteiger partial charge in [-0.05, 0) is 24.2 Å². The zero-order valence-corrected chi connectivity index (χ0v) is 9.97. The van der Waals surface area contributed by atoms with Gasteiger partial charge in [0.25, 0.3) is 0 Å². The highest BCUT2D eigenvalue weighted by Crippen LogP contribution is 2.20. The van der Waals surface area contributed by atoms with Crippen LogP contribution in [0.5, 0.6) is 0 Å². The lowest BCUT2D eigenvalue weighted by Crippen LogP contribution is -2.06. The molecule has 0 unspecified atom stereocenters. The highest BCUT2D eigenvalue weighted by Gasteiger charge is 2.30. The first-order valence-electron chi connectivity index (χ1n) is 5.22. The maximum absolute atomic E-state index is 11.0. The van der Waals surface area contributed by atoms with Crippen LogP contribution in [0.1, 0.15) is 44.9 Å². The van der Waals surface area contributed by atoms with Crippen molar-refractivity contribution in [2.45, 2.75) is 19.9 Å². The number of ether oxygens (including phenoxy) is 1. The number of carbonyl (C=O) groups is 3. The van der Waals surface area contributed by atoms with Crippen molar-refractivity contribution >= 4 is 17.9 Å². The molecule has 1 aromatic rings. The normalized spacial score (nSPS) is 12.7. The summed E-state index contributed by atoms with van der Waals surface area (Å²) in [4.78, 5) is 32.5. The zero-order chi connectivity index (χ0) is 13.9. The summed E-state index contributed by atoms with van der Waals surface area (Å²) in [5, 5.41) is 8.63. The zero-order valence-electron chi connectivity index (χ0n) is 9.97. The Bertz CT molecular complexity index is 504. The Hall–Kier alpha value is -2.21. The molecular weight excluding hydrogens is 238 g/mol. The molecule has 1 aromatic carbocycles. The van der Waals surface area contributed by atoms with Crippen LogP contribution < -0.4 is 5.73 Å². The van der Waals surface area contributed by atoms with Crippen LogP contribution in [0.3, 0.4) is 0 Å². The number of carboxylic acid groups (broad SMARTS) is 1. The minimum Gasteiger partial charge on any atom is -0.478 e. The minimum absolute atomic E-state index is 0.00917. The number of rotatable bonds is 1. The second-order valence-electron chi connectivity index (χ2n) is 3.99. The average Bonchev–Trinajstić information content (AvgIpc) is 2.53. The molecule has 1 aliphatic rings. The van der Waals surface area contributed by atoms with E-state index in [0.717, 1.165) is 6.07 Å². The fourth-order valence-corrected chi connectivity index (χ4v) is 1.22. The van der Waals surface area contributed by atoms with Crippen LogP contribution in [0.25, 0.3) is 0 Å². The van der Waals surface area contributed by atoms with E-state index in [-0.39, 0.29) is 16.7 Å². The lowest BCUT2D eigenvalue weighted by Gasteiger charge is -1.94. The van der Waals surface area contributed by atoms with Crippen molar-refractivity contribution in [1.82, 2.24) is 0 Å². The fourth-order valence-electron chi connectivity index (χ4n) is 1.22. The molecule has 2 rings (SSSR count). The van der Waals surface area contributed by atoms with Crippen molar-refractivity contribution in [3.05, 3.63) is 34.9 Å². The molecule has 6 heteroatoms. The van der Waals surface area contributed by atoms with Crippen molar-refractivity contribution in [3.8, 4) is 0 Å². The first-order valence-corrected chi connectivity index (χ1v) is 5.22. The van der Waals surface area contributed by atoms with Crippen LogP contribution in [-0.4, -0.2) is 29.1 Å². The summed E-state index contributed by atoms with van der Waals surface area (Å²) in [6.45, 7) is 3.89. The summed E-state index contributed by atoms with van der Waals surface area (Å²) in [6.07, 6.45) is 0. The van der Waals surface area contributed by atoms with Crippen molar-refractivity contribution in [2.75, 3.05) is 0 Å². The van der Waals surface area contributed by atoms with Crippen LogP contribution in [0, 0.1) is 0 Å². The van der Waals surface area contributed by atoms with Crippen LogP contribution in [-0.2, 0) is 4.74 Å². The number of nitrogens with two attached hydrogens (primary N) is 1. The lowest BCUT2D eigenvalue weighted by molar-refractivity contribution is 0.0443. The minimum atomic E-state index is -1.15. The van der Waals surface area contributed by atoms with Gasteiger partial charge in [0.1, 0.15) is 0 Å². The number of aromatic carboxylic acids is 1. The van der Waals surface area contributed by atoms with Crippen molar-refractivity contribution < 1.29 is 24.2 Å². The van der Waals surface area contributed by atoms with Crippen LogP contribution >= 0.6 is 0 Å². The molecule has 0 fully saturated rings. The SMILES string of the molecule is CC(C)N.O=C(O)c1ccc2c(c1)C(=O)OC2=O. The molecule has 6 nitrogen and oxygen atoms in total. The monoisotopic (exact) mass is 251 g/mol. The van der Waals surface area contributed by atoms with Gasteiger partial charge in [0.15, 0.2) is 0 Å². The molecule has 18 heavy (non-hydrogen) atoms. The van der Waals surface area contributed by atoms with Crippen molar-refractivity contribution in [3.63, 3.8) is 0 Å². The molecular formula is C12H13NO5. The first kappa shape index (κ1) is 13.9. The number of esters is 2. The molecule has 0 saturated carbocycles. The van der Waals surface area contributed by atoms with Gasteiger partial charge >= 0.3 is 17.9 Å². The van der Waals surface area contributed by atoms with E-state index < -0.39 is 17.9 Å². The predicted molar refractivity (Wildman–Crippen MR) is 62.5 cm³/mol. The van der Waals surface area contributed by atoms with Crippen LogP contribution in [0.15, 0.2) is 18.2 Å². The number of hydrogen-bond donors (Lipinski definition) is 2. The predicted octanol–water partition coefficient (Wildman–Crippen LogP) is 1.05. The molecule has 0 radical (unpaired) electrons. The summed E-state index contributed by atoms with van der Waals surface area (Å²) < 4.78 is 4.30. The summed E-state index contributed by atoms with van der Waals surface area (Å²) in [7, 11) is 0. The molecule has 0 aliphatic carbocycles. The van der Waals surface area contributed by atoms with Gasteiger partial charge in [-0.3, -0.25) is 0 Å². The Morgan fingerprint density at radius 3 is 2.22 bits per heavy atom. The van der Waals surface area contributed by atoms with E-state index in [9.17, 15) is 14.4 Å². The van der Waals surface area contributed by atoms with E-state index in [2.05, 4.69) is 4.74 Å². The molecule has 1 heterocycles. The van der Waals surface area contributed by atoms with E-state index in [0.29, 0.717) is 6.04 Å². The second kappa shape index (κ2) is 5.42. The maximum Gasteiger partial charge on any atom is 0.346 e. The molecule has 3 N–H and O–H groups in total.